The summed E-state index contributed by atoms with van der Waals surface area (Å²) in [5.74, 6) is 3.64. The summed E-state index contributed by atoms with van der Waals surface area (Å²) in [5, 5.41) is 0. The van der Waals surface area contributed by atoms with Gasteiger partial charge in [-0.2, -0.15) is 0 Å². The van der Waals surface area contributed by atoms with Gasteiger partial charge in [0.1, 0.15) is 0 Å². The SMILES string of the molecule is NC1=NCC2(CC3CCC2C3)N1CC1CC1. The van der Waals surface area contributed by atoms with Gasteiger partial charge in [0.15, 0.2) is 5.96 Å². The number of fused-ring (bicyclic) bond motifs is 3. The Labute approximate surface area is 97.1 Å². The van der Waals surface area contributed by atoms with Gasteiger partial charge in [0.05, 0.1) is 12.1 Å². The molecule has 1 spiro atoms. The monoisotopic (exact) mass is 219 g/mol. The van der Waals surface area contributed by atoms with Crippen molar-refractivity contribution in [2.75, 3.05) is 13.1 Å². The molecule has 3 saturated carbocycles. The van der Waals surface area contributed by atoms with E-state index in [1.54, 1.807) is 0 Å². The first-order chi connectivity index (χ1) is 7.78. The van der Waals surface area contributed by atoms with Crippen LogP contribution < -0.4 is 5.73 Å². The molecule has 1 aliphatic heterocycles. The van der Waals surface area contributed by atoms with Crippen LogP contribution in [0.15, 0.2) is 4.99 Å². The maximum atomic E-state index is 6.12. The van der Waals surface area contributed by atoms with Gasteiger partial charge in [0.25, 0.3) is 0 Å². The van der Waals surface area contributed by atoms with Crippen molar-refractivity contribution >= 4 is 5.96 Å². The molecule has 3 aliphatic carbocycles. The van der Waals surface area contributed by atoms with E-state index < -0.39 is 0 Å². The van der Waals surface area contributed by atoms with E-state index in [1.807, 2.05) is 0 Å². The van der Waals surface area contributed by atoms with Gasteiger partial charge in [-0.15, -0.1) is 0 Å². The Hall–Kier alpha value is -0.730. The van der Waals surface area contributed by atoms with E-state index in [1.165, 1.54) is 45.1 Å². The first-order valence-electron chi connectivity index (χ1n) is 6.85. The molecule has 0 saturated heterocycles. The van der Waals surface area contributed by atoms with Crippen molar-refractivity contribution in [3.05, 3.63) is 0 Å². The van der Waals surface area contributed by atoms with Crippen LogP contribution in [0.1, 0.15) is 38.5 Å². The lowest BCUT2D eigenvalue weighted by Gasteiger charge is -2.42. The van der Waals surface area contributed by atoms with Crippen LogP contribution in [-0.4, -0.2) is 29.5 Å². The summed E-state index contributed by atoms with van der Waals surface area (Å²) >= 11 is 0. The fraction of sp³-hybridized carbons (Fsp3) is 0.923. The van der Waals surface area contributed by atoms with Crippen LogP contribution >= 0.6 is 0 Å². The van der Waals surface area contributed by atoms with E-state index in [9.17, 15) is 0 Å². The number of rotatable bonds is 2. The minimum absolute atomic E-state index is 0.371. The molecule has 0 aromatic carbocycles. The molecule has 3 heteroatoms. The van der Waals surface area contributed by atoms with Crippen molar-refractivity contribution in [1.29, 1.82) is 0 Å². The summed E-state index contributed by atoms with van der Waals surface area (Å²) in [6.45, 7) is 2.19. The predicted octanol–water partition coefficient (Wildman–Crippen LogP) is 1.59. The molecule has 0 radical (unpaired) electrons. The van der Waals surface area contributed by atoms with Crippen molar-refractivity contribution in [1.82, 2.24) is 4.90 Å². The summed E-state index contributed by atoms with van der Waals surface area (Å²) in [5.41, 5.74) is 6.49. The lowest BCUT2D eigenvalue weighted by atomic mass is 9.80. The van der Waals surface area contributed by atoms with E-state index in [-0.39, 0.29) is 0 Å². The molecule has 0 amide bonds. The smallest absolute Gasteiger partial charge is 0.191 e. The quantitative estimate of drug-likeness (QED) is 0.766. The van der Waals surface area contributed by atoms with Crippen molar-refractivity contribution in [3.63, 3.8) is 0 Å². The van der Waals surface area contributed by atoms with Crippen molar-refractivity contribution in [2.45, 2.75) is 44.1 Å². The number of aliphatic imine (C=N–C) groups is 1. The second-order valence-electron chi connectivity index (χ2n) is 6.41. The Kier molecular flexibility index (Phi) is 1.71. The van der Waals surface area contributed by atoms with E-state index in [0.29, 0.717) is 5.54 Å². The van der Waals surface area contributed by atoms with Gasteiger partial charge in [0, 0.05) is 6.54 Å². The van der Waals surface area contributed by atoms with Crippen molar-refractivity contribution in [2.24, 2.45) is 28.5 Å². The third-order valence-electron chi connectivity index (χ3n) is 5.41. The molecule has 0 aromatic heterocycles. The number of hydrogen-bond donors (Lipinski definition) is 1. The van der Waals surface area contributed by atoms with E-state index in [4.69, 9.17) is 5.73 Å². The second-order valence-corrected chi connectivity index (χ2v) is 6.41. The average Bonchev–Trinajstić information content (AvgIpc) is 2.77. The molecule has 3 unspecified atom stereocenters. The molecule has 2 bridgehead atoms. The molecule has 0 aromatic rings. The maximum Gasteiger partial charge on any atom is 0.191 e. The highest BCUT2D eigenvalue weighted by molar-refractivity contribution is 5.81. The van der Waals surface area contributed by atoms with Crippen molar-refractivity contribution in [3.8, 4) is 0 Å². The summed E-state index contributed by atoms with van der Waals surface area (Å²) < 4.78 is 0. The number of hydrogen-bond acceptors (Lipinski definition) is 3. The molecule has 16 heavy (non-hydrogen) atoms. The van der Waals surface area contributed by atoms with Gasteiger partial charge in [-0.05, 0) is 56.3 Å². The fourth-order valence-electron chi connectivity index (χ4n) is 4.39. The number of guanidine groups is 1. The summed E-state index contributed by atoms with van der Waals surface area (Å²) in [6, 6.07) is 0. The lowest BCUT2D eigenvalue weighted by molar-refractivity contribution is 0.118. The molecule has 3 nitrogen and oxygen atoms in total. The third kappa shape index (κ3) is 1.12. The van der Waals surface area contributed by atoms with Crippen LogP contribution in [0.25, 0.3) is 0 Å². The van der Waals surface area contributed by atoms with Crippen LogP contribution in [0.2, 0.25) is 0 Å². The fourth-order valence-corrected chi connectivity index (χ4v) is 4.39. The summed E-state index contributed by atoms with van der Waals surface area (Å²) in [7, 11) is 0. The highest BCUT2D eigenvalue weighted by Crippen LogP contribution is 2.55. The summed E-state index contributed by atoms with van der Waals surface area (Å²) in [6.07, 6.45) is 8.53. The Morgan fingerprint density at radius 3 is 2.81 bits per heavy atom. The van der Waals surface area contributed by atoms with Gasteiger partial charge in [-0.1, -0.05) is 0 Å². The zero-order valence-corrected chi connectivity index (χ0v) is 9.86. The van der Waals surface area contributed by atoms with Gasteiger partial charge in [-0.3, -0.25) is 4.99 Å². The van der Waals surface area contributed by atoms with E-state index in [0.717, 1.165) is 30.3 Å². The topological polar surface area (TPSA) is 41.6 Å². The van der Waals surface area contributed by atoms with E-state index >= 15 is 0 Å². The van der Waals surface area contributed by atoms with Crippen LogP contribution in [0.5, 0.6) is 0 Å². The standard InChI is InChI=1S/C13H21N3/c14-12-15-8-13(16(12)7-9-1-2-9)6-10-3-4-11(13)5-10/h9-11H,1-8H2,(H2,14,15). The zero-order valence-electron chi connectivity index (χ0n) is 9.86. The molecule has 3 atom stereocenters. The Bertz CT molecular complexity index is 347. The zero-order chi connectivity index (χ0) is 10.8. The van der Waals surface area contributed by atoms with Crippen LogP contribution in [0.3, 0.4) is 0 Å². The van der Waals surface area contributed by atoms with Crippen molar-refractivity contribution < 1.29 is 0 Å². The van der Waals surface area contributed by atoms with E-state index in [2.05, 4.69) is 9.89 Å². The highest BCUT2D eigenvalue weighted by Gasteiger charge is 2.57. The highest BCUT2D eigenvalue weighted by atomic mass is 15.4. The maximum absolute atomic E-state index is 6.12. The molecule has 3 fully saturated rings. The lowest BCUT2D eigenvalue weighted by Crippen LogP contribution is -2.55. The molecule has 4 rings (SSSR count). The Morgan fingerprint density at radius 2 is 2.19 bits per heavy atom. The third-order valence-corrected chi connectivity index (χ3v) is 5.41. The number of nitrogens with two attached hydrogens (primary N) is 1. The van der Waals surface area contributed by atoms with Gasteiger partial charge in [-0.25, -0.2) is 0 Å². The minimum Gasteiger partial charge on any atom is -0.370 e. The second kappa shape index (κ2) is 2.93. The van der Waals surface area contributed by atoms with Gasteiger partial charge >= 0.3 is 0 Å². The first-order valence-corrected chi connectivity index (χ1v) is 6.85. The number of nitrogens with zero attached hydrogens (tertiary/aromatic N) is 2. The summed E-state index contributed by atoms with van der Waals surface area (Å²) in [4.78, 5) is 7.08. The van der Waals surface area contributed by atoms with Crippen LogP contribution in [0, 0.1) is 17.8 Å². The molecule has 1 heterocycles. The molecular formula is C13H21N3. The average molecular weight is 219 g/mol. The van der Waals surface area contributed by atoms with Crippen LogP contribution in [0.4, 0.5) is 0 Å². The predicted molar refractivity (Wildman–Crippen MR) is 64.1 cm³/mol. The Morgan fingerprint density at radius 1 is 1.31 bits per heavy atom. The first kappa shape index (κ1) is 9.32. The van der Waals surface area contributed by atoms with Gasteiger partial charge < -0.3 is 10.6 Å². The molecule has 2 N–H and O–H groups in total. The Balaban J connectivity index is 1.62. The van der Waals surface area contributed by atoms with Gasteiger partial charge in [0.2, 0.25) is 0 Å². The molecule has 4 aliphatic rings. The largest absolute Gasteiger partial charge is 0.370 e. The minimum atomic E-state index is 0.371. The molecular weight excluding hydrogens is 198 g/mol. The molecule has 88 valence electrons. The van der Waals surface area contributed by atoms with Crippen LogP contribution in [-0.2, 0) is 0 Å². The normalized spacial score (nSPS) is 45.8.